The van der Waals surface area contributed by atoms with Crippen LogP contribution in [0.5, 0.6) is 0 Å². The molecule has 0 fully saturated rings. The van der Waals surface area contributed by atoms with Crippen LogP contribution in [-0.4, -0.2) is 0 Å². The molecule has 0 aromatic carbocycles. The van der Waals surface area contributed by atoms with Crippen LogP contribution < -0.4 is 0 Å². The van der Waals surface area contributed by atoms with Crippen LogP contribution >= 0.6 is 0 Å². The van der Waals surface area contributed by atoms with Gasteiger partial charge in [0, 0.05) is 19.8 Å². The minimum atomic E-state index is 0. The van der Waals surface area contributed by atoms with Gasteiger partial charge in [0.25, 0.3) is 0 Å². The molecule has 0 bridgehead atoms. The van der Waals surface area contributed by atoms with Crippen molar-refractivity contribution in [3.8, 4) is 0 Å². The second-order valence-corrected chi connectivity index (χ2v) is 2.10. The van der Waals surface area contributed by atoms with Gasteiger partial charge in [-0.1, -0.05) is 24.3 Å². The van der Waals surface area contributed by atoms with E-state index in [1.807, 2.05) is 0 Å². The molecule has 52 valence electrons. The molecule has 0 heterocycles. The number of hydrogen-bond acceptors (Lipinski definition) is 0. The van der Waals surface area contributed by atoms with E-state index in [9.17, 15) is 0 Å². The molecule has 0 aromatic rings. The Morgan fingerprint density at radius 1 is 0.556 bits per heavy atom. The minimum Gasteiger partial charge on any atom is -0.0882 e. The Balaban J connectivity index is 0.000000640. The largest absolute Gasteiger partial charge is 0.0882 e. The molecular formula is C8H12Os. The Labute approximate surface area is 70.1 Å². The zero-order valence-corrected chi connectivity index (χ0v) is 8.03. The van der Waals surface area contributed by atoms with Gasteiger partial charge in [-0.3, -0.25) is 0 Å². The average molecular weight is 298 g/mol. The molecule has 1 aliphatic rings. The Morgan fingerprint density at radius 2 is 0.778 bits per heavy atom. The average Bonchev–Trinajstić information content (AvgIpc) is 1.62. The Hall–Kier alpha value is 0.116. The summed E-state index contributed by atoms with van der Waals surface area (Å²) < 4.78 is 0. The second kappa shape index (κ2) is 6.24. The van der Waals surface area contributed by atoms with E-state index in [1.165, 1.54) is 25.7 Å². The van der Waals surface area contributed by atoms with E-state index in [1.54, 1.807) is 0 Å². The van der Waals surface area contributed by atoms with Crippen LogP contribution in [0, 0.1) is 0 Å². The van der Waals surface area contributed by atoms with Gasteiger partial charge in [-0.05, 0) is 25.7 Å². The van der Waals surface area contributed by atoms with Crippen molar-refractivity contribution < 1.29 is 19.8 Å². The summed E-state index contributed by atoms with van der Waals surface area (Å²) in [5.41, 5.74) is 0. The van der Waals surface area contributed by atoms with E-state index in [4.69, 9.17) is 0 Å². The molecule has 0 aliphatic heterocycles. The smallest absolute Gasteiger partial charge is 0 e. The molecule has 0 amide bonds. The van der Waals surface area contributed by atoms with E-state index in [2.05, 4.69) is 24.3 Å². The third-order valence-corrected chi connectivity index (χ3v) is 1.33. The molecule has 0 nitrogen and oxygen atoms in total. The van der Waals surface area contributed by atoms with E-state index in [0.29, 0.717) is 0 Å². The first-order valence-electron chi connectivity index (χ1n) is 3.30. The van der Waals surface area contributed by atoms with Crippen LogP contribution in [-0.2, 0) is 19.8 Å². The van der Waals surface area contributed by atoms with Gasteiger partial charge in [-0.25, -0.2) is 0 Å². The first kappa shape index (κ1) is 9.12. The standard InChI is InChI=1S/C8H12.Os/c1-2-4-6-8-7-5-3-1;/h1-2,7-8H,3-6H2;/b2-1-,8-7?;. The van der Waals surface area contributed by atoms with Gasteiger partial charge >= 0.3 is 0 Å². The van der Waals surface area contributed by atoms with E-state index in [0.717, 1.165) is 0 Å². The van der Waals surface area contributed by atoms with Crippen molar-refractivity contribution in [3.63, 3.8) is 0 Å². The van der Waals surface area contributed by atoms with Gasteiger partial charge in [-0.15, -0.1) is 0 Å². The number of hydrogen-bond donors (Lipinski definition) is 0. The fraction of sp³-hybridized carbons (Fsp3) is 0.500. The molecule has 0 N–H and O–H groups in total. The summed E-state index contributed by atoms with van der Waals surface area (Å²) in [5, 5.41) is 0. The van der Waals surface area contributed by atoms with Crippen molar-refractivity contribution in [1.82, 2.24) is 0 Å². The third kappa shape index (κ3) is 4.61. The predicted octanol–water partition coefficient (Wildman–Crippen LogP) is 2.67. The third-order valence-electron chi connectivity index (χ3n) is 1.33. The maximum absolute atomic E-state index is 2.27. The second-order valence-electron chi connectivity index (χ2n) is 2.10. The van der Waals surface area contributed by atoms with Gasteiger partial charge in [0.1, 0.15) is 0 Å². The van der Waals surface area contributed by atoms with E-state index >= 15 is 0 Å². The molecule has 0 spiro atoms. The first-order valence-corrected chi connectivity index (χ1v) is 3.30. The van der Waals surface area contributed by atoms with Crippen molar-refractivity contribution in [2.24, 2.45) is 0 Å². The van der Waals surface area contributed by atoms with Crippen LogP contribution in [0.15, 0.2) is 24.3 Å². The fourth-order valence-electron chi connectivity index (χ4n) is 0.856. The summed E-state index contributed by atoms with van der Waals surface area (Å²) in [6.45, 7) is 0. The summed E-state index contributed by atoms with van der Waals surface area (Å²) >= 11 is 0. The minimum absolute atomic E-state index is 0. The topological polar surface area (TPSA) is 0 Å². The van der Waals surface area contributed by atoms with Gasteiger partial charge in [-0.2, -0.15) is 0 Å². The van der Waals surface area contributed by atoms with Crippen LogP contribution in [0.1, 0.15) is 25.7 Å². The molecule has 9 heavy (non-hydrogen) atoms. The predicted molar refractivity (Wildman–Crippen MR) is 36.7 cm³/mol. The van der Waals surface area contributed by atoms with Crippen LogP contribution in [0.2, 0.25) is 0 Å². The normalized spacial score (nSPS) is 21.3. The Morgan fingerprint density at radius 3 is 1.00 bits per heavy atom. The molecule has 0 unspecified atom stereocenters. The summed E-state index contributed by atoms with van der Waals surface area (Å²) in [5.74, 6) is 0. The zero-order valence-electron chi connectivity index (χ0n) is 5.49. The van der Waals surface area contributed by atoms with Crippen molar-refractivity contribution in [2.75, 3.05) is 0 Å². The van der Waals surface area contributed by atoms with Crippen molar-refractivity contribution in [2.45, 2.75) is 25.7 Å². The monoisotopic (exact) mass is 300 g/mol. The zero-order chi connectivity index (χ0) is 5.66. The SMILES string of the molecule is C1=CCC/C=C\CC1.[Os]. The van der Waals surface area contributed by atoms with Gasteiger partial charge in [0.05, 0.1) is 0 Å². The van der Waals surface area contributed by atoms with Gasteiger partial charge in [0.2, 0.25) is 0 Å². The molecular weight excluding hydrogens is 286 g/mol. The molecule has 1 heteroatoms. The van der Waals surface area contributed by atoms with Gasteiger partial charge in [0.15, 0.2) is 0 Å². The van der Waals surface area contributed by atoms with Crippen molar-refractivity contribution in [1.29, 1.82) is 0 Å². The molecule has 0 saturated carbocycles. The molecule has 0 aromatic heterocycles. The summed E-state index contributed by atoms with van der Waals surface area (Å²) in [6, 6.07) is 0. The molecule has 0 atom stereocenters. The van der Waals surface area contributed by atoms with Crippen molar-refractivity contribution >= 4 is 0 Å². The summed E-state index contributed by atoms with van der Waals surface area (Å²) in [6.07, 6.45) is 14.0. The van der Waals surface area contributed by atoms with Crippen molar-refractivity contribution in [3.05, 3.63) is 24.3 Å². The molecule has 0 radical (unpaired) electrons. The van der Waals surface area contributed by atoms with E-state index in [-0.39, 0.29) is 19.8 Å². The Bertz CT molecular complexity index is 77.1. The Kier molecular flexibility index (Phi) is 6.32. The first-order chi connectivity index (χ1) is 4.00. The number of allylic oxidation sites excluding steroid dienone is 4. The van der Waals surface area contributed by atoms with Crippen LogP contribution in [0.4, 0.5) is 0 Å². The fourth-order valence-corrected chi connectivity index (χ4v) is 0.856. The van der Waals surface area contributed by atoms with Crippen LogP contribution in [0.3, 0.4) is 0 Å². The maximum Gasteiger partial charge on any atom is 0 e. The summed E-state index contributed by atoms with van der Waals surface area (Å²) in [7, 11) is 0. The van der Waals surface area contributed by atoms with E-state index < -0.39 is 0 Å². The molecule has 0 saturated heterocycles. The number of rotatable bonds is 0. The summed E-state index contributed by atoms with van der Waals surface area (Å²) in [4.78, 5) is 0. The quantitative estimate of drug-likeness (QED) is 0.603. The molecule has 1 rings (SSSR count). The molecule has 1 aliphatic carbocycles. The van der Waals surface area contributed by atoms with Crippen LogP contribution in [0.25, 0.3) is 0 Å². The maximum atomic E-state index is 2.27. The van der Waals surface area contributed by atoms with Gasteiger partial charge < -0.3 is 0 Å².